The predicted molar refractivity (Wildman–Crippen MR) is 130 cm³/mol. The number of para-hydroxylation sites is 1. The number of nitrogens with zero attached hydrogens (tertiary/aromatic N) is 3. The molecule has 2 N–H and O–H groups in total. The number of hydrogen-bond acceptors (Lipinski definition) is 6. The Balaban J connectivity index is 1.52. The van der Waals surface area contributed by atoms with Crippen LogP contribution in [0.4, 0.5) is 5.69 Å². The zero-order chi connectivity index (χ0) is 22.8. The highest BCUT2D eigenvalue weighted by Gasteiger charge is 2.38. The van der Waals surface area contributed by atoms with Crippen molar-refractivity contribution in [2.45, 2.75) is 16.4 Å². The lowest BCUT2D eigenvalue weighted by Crippen LogP contribution is -2.41. The van der Waals surface area contributed by atoms with Crippen LogP contribution in [0.2, 0.25) is 5.02 Å². The summed E-state index contributed by atoms with van der Waals surface area (Å²) in [6.07, 6.45) is 0. The minimum atomic E-state index is -0.519. The Kier molecular flexibility index (Phi) is 5.93. The van der Waals surface area contributed by atoms with Crippen molar-refractivity contribution in [3.8, 4) is 17.1 Å². The minimum Gasteiger partial charge on any atom is -0.497 e. The van der Waals surface area contributed by atoms with Crippen LogP contribution in [0.15, 0.2) is 84.0 Å². The zero-order valence-electron chi connectivity index (χ0n) is 17.6. The molecule has 33 heavy (non-hydrogen) atoms. The van der Waals surface area contributed by atoms with Gasteiger partial charge in [-0.1, -0.05) is 78.0 Å². The molecule has 166 valence electrons. The van der Waals surface area contributed by atoms with Gasteiger partial charge < -0.3 is 15.5 Å². The average Bonchev–Trinajstić information content (AvgIpc) is 3.28. The van der Waals surface area contributed by atoms with E-state index in [2.05, 4.69) is 20.9 Å². The van der Waals surface area contributed by atoms with Gasteiger partial charge in [-0.15, -0.1) is 10.2 Å². The Morgan fingerprint density at radius 2 is 1.76 bits per heavy atom. The molecule has 1 aliphatic rings. The van der Waals surface area contributed by atoms with Gasteiger partial charge in [-0.2, -0.15) is 0 Å². The molecule has 0 unspecified atom stereocenters. The van der Waals surface area contributed by atoms with Gasteiger partial charge >= 0.3 is 0 Å². The number of benzene rings is 3. The lowest BCUT2D eigenvalue weighted by molar-refractivity contribution is -0.116. The van der Waals surface area contributed by atoms with E-state index in [1.54, 1.807) is 19.2 Å². The minimum absolute atomic E-state index is 0.183. The number of fused-ring (bicyclic) bond motifs is 1. The maximum Gasteiger partial charge on any atom is 0.240 e. The SMILES string of the molecule is COc1ccc([C@@H]2Nn3c(nnc3-c3ccccc3)S[C@H]2C(=O)Nc2ccccc2Cl)cc1. The molecule has 1 amide bonds. The van der Waals surface area contributed by atoms with Crippen LogP contribution >= 0.6 is 23.4 Å². The van der Waals surface area contributed by atoms with Crippen molar-refractivity contribution in [1.82, 2.24) is 14.9 Å². The van der Waals surface area contributed by atoms with Crippen molar-refractivity contribution in [1.29, 1.82) is 0 Å². The number of nitrogens with one attached hydrogen (secondary N) is 2. The number of carbonyl (C=O) groups is 1. The largest absolute Gasteiger partial charge is 0.497 e. The quantitative estimate of drug-likeness (QED) is 0.421. The third-order valence-corrected chi connectivity index (χ3v) is 6.88. The van der Waals surface area contributed by atoms with Crippen molar-refractivity contribution in [3.05, 3.63) is 89.4 Å². The highest BCUT2D eigenvalue weighted by Crippen LogP contribution is 2.39. The Labute approximate surface area is 200 Å². The van der Waals surface area contributed by atoms with Crippen LogP contribution in [0.5, 0.6) is 5.75 Å². The fourth-order valence-corrected chi connectivity index (χ4v) is 4.92. The average molecular weight is 478 g/mol. The Morgan fingerprint density at radius 1 is 1.03 bits per heavy atom. The smallest absolute Gasteiger partial charge is 0.240 e. The Hall–Kier alpha value is -3.49. The van der Waals surface area contributed by atoms with Crippen LogP contribution in [0.25, 0.3) is 11.4 Å². The normalized spacial score (nSPS) is 17.0. The van der Waals surface area contributed by atoms with Gasteiger partial charge in [0.2, 0.25) is 11.1 Å². The first-order valence-corrected chi connectivity index (χ1v) is 11.5. The molecular formula is C24H20ClN5O2S. The lowest BCUT2D eigenvalue weighted by Gasteiger charge is -2.33. The second-order valence-electron chi connectivity index (χ2n) is 7.40. The van der Waals surface area contributed by atoms with E-state index in [0.717, 1.165) is 16.9 Å². The van der Waals surface area contributed by atoms with Gasteiger partial charge in [0.05, 0.1) is 23.9 Å². The number of halogens is 1. The van der Waals surface area contributed by atoms with Gasteiger partial charge in [-0.3, -0.25) is 4.79 Å². The first-order chi connectivity index (χ1) is 16.1. The predicted octanol–water partition coefficient (Wildman–Crippen LogP) is 5.00. The first kappa shape index (κ1) is 21.4. The second kappa shape index (κ2) is 9.17. The molecule has 3 aromatic carbocycles. The van der Waals surface area contributed by atoms with Crippen molar-refractivity contribution >= 4 is 35.0 Å². The summed E-state index contributed by atoms with van der Waals surface area (Å²) in [6.45, 7) is 0. The van der Waals surface area contributed by atoms with E-state index in [9.17, 15) is 4.79 Å². The van der Waals surface area contributed by atoms with Crippen molar-refractivity contribution in [2.75, 3.05) is 17.9 Å². The molecule has 2 heterocycles. The number of thioether (sulfide) groups is 1. The van der Waals surface area contributed by atoms with Gasteiger partial charge in [0.1, 0.15) is 11.0 Å². The third-order valence-electron chi connectivity index (χ3n) is 5.33. The molecule has 0 radical (unpaired) electrons. The molecule has 1 aliphatic heterocycles. The highest BCUT2D eigenvalue weighted by atomic mass is 35.5. The summed E-state index contributed by atoms with van der Waals surface area (Å²) in [7, 11) is 1.62. The number of anilines is 1. The van der Waals surface area contributed by atoms with E-state index in [0.29, 0.717) is 21.7 Å². The van der Waals surface area contributed by atoms with E-state index >= 15 is 0 Å². The van der Waals surface area contributed by atoms with E-state index < -0.39 is 5.25 Å². The van der Waals surface area contributed by atoms with Gasteiger partial charge in [0, 0.05) is 5.56 Å². The lowest BCUT2D eigenvalue weighted by atomic mass is 10.0. The number of carbonyl (C=O) groups excluding carboxylic acids is 1. The van der Waals surface area contributed by atoms with Gasteiger partial charge in [-0.25, -0.2) is 4.68 Å². The van der Waals surface area contributed by atoms with Crippen LogP contribution in [0.3, 0.4) is 0 Å². The van der Waals surface area contributed by atoms with E-state index in [-0.39, 0.29) is 11.9 Å². The Bertz CT molecular complexity index is 1280. The van der Waals surface area contributed by atoms with Gasteiger partial charge in [0.25, 0.3) is 0 Å². The van der Waals surface area contributed by atoms with Crippen LogP contribution in [0.1, 0.15) is 11.6 Å². The molecule has 7 nitrogen and oxygen atoms in total. The fraction of sp³-hybridized carbons (Fsp3) is 0.125. The summed E-state index contributed by atoms with van der Waals surface area (Å²) in [6, 6.07) is 24.3. The van der Waals surface area contributed by atoms with E-state index in [4.69, 9.17) is 16.3 Å². The molecule has 9 heteroatoms. The summed E-state index contributed by atoms with van der Waals surface area (Å²) in [5.74, 6) is 1.24. The maximum atomic E-state index is 13.4. The van der Waals surface area contributed by atoms with Gasteiger partial charge in [-0.05, 0) is 29.8 Å². The summed E-state index contributed by atoms with van der Waals surface area (Å²) in [5.41, 5.74) is 5.89. The van der Waals surface area contributed by atoms with E-state index in [1.165, 1.54) is 11.8 Å². The van der Waals surface area contributed by atoms with Crippen LogP contribution in [0, 0.1) is 0 Å². The third kappa shape index (κ3) is 4.27. The number of methoxy groups -OCH3 is 1. The van der Waals surface area contributed by atoms with Gasteiger partial charge in [0.15, 0.2) is 5.82 Å². The summed E-state index contributed by atoms with van der Waals surface area (Å²) in [5, 5.41) is 12.2. The molecule has 0 bridgehead atoms. The standard InChI is InChI=1S/C24H20ClN5O2S/c1-32-17-13-11-15(12-14-17)20-21(23(31)26-19-10-6-5-9-18(19)25)33-24-28-27-22(30(24)29-20)16-7-3-2-4-8-16/h2-14,20-21,29H,1H3,(H,26,31)/t20-,21+/m0/s1. The van der Waals surface area contributed by atoms with Crippen molar-refractivity contribution in [3.63, 3.8) is 0 Å². The molecule has 0 spiro atoms. The molecule has 4 aromatic rings. The molecule has 0 aliphatic carbocycles. The molecule has 2 atom stereocenters. The molecule has 0 saturated heterocycles. The summed E-state index contributed by atoms with van der Waals surface area (Å²) in [4.78, 5) is 13.4. The van der Waals surface area contributed by atoms with Crippen LogP contribution in [-0.4, -0.2) is 33.1 Å². The van der Waals surface area contributed by atoms with Crippen LogP contribution in [-0.2, 0) is 4.79 Å². The maximum absolute atomic E-state index is 13.4. The molecular weight excluding hydrogens is 458 g/mol. The Morgan fingerprint density at radius 3 is 2.48 bits per heavy atom. The van der Waals surface area contributed by atoms with Crippen molar-refractivity contribution in [2.24, 2.45) is 0 Å². The zero-order valence-corrected chi connectivity index (χ0v) is 19.2. The topological polar surface area (TPSA) is 81.1 Å². The highest BCUT2D eigenvalue weighted by molar-refractivity contribution is 8.00. The summed E-state index contributed by atoms with van der Waals surface area (Å²) >= 11 is 7.63. The number of rotatable bonds is 5. The van der Waals surface area contributed by atoms with E-state index in [1.807, 2.05) is 71.4 Å². The molecule has 1 aromatic heterocycles. The molecule has 0 fully saturated rings. The summed E-state index contributed by atoms with van der Waals surface area (Å²) < 4.78 is 7.14. The number of amides is 1. The number of ether oxygens (including phenoxy) is 1. The fourth-order valence-electron chi connectivity index (χ4n) is 3.66. The van der Waals surface area contributed by atoms with Crippen molar-refractivity contribution < 1.29 is 9.53 Å². The van der Waals surface area contributed by atoms with Crippen LogP contribution < -0.4 is 15.5 Å². The number of hydrogen-bond donors (Lipinski definition) is 2. The monoisotopic (exact) mass is 477 g/mol. The second-order valence-corrected chi connectivity index (χ2v) is 8.91. The number of aromatic nitrogens is 3. The first-order valence-electron chi connectivity index (χ1n) is 10.3. The molecule has 0 saturated carbocycles. The molecule has 5 rings (SSSR count).